The van der Waals surface area contributed by atoms with Crippen LogP contribution >= 0.6 is 0 Å². The highest BCUT2D eigenvalue weighted by atomic mass is 16.1. The third-order valence-electron chi connectivity index (χ3n) is 2.10. The Bertz CT molecular complexity index is 504. The number of fused-ring (bicyclic) bond motifs is 1. The van der Waals surface area contributed by atoms with Crippen LogP contribution in [0.15, 0.2) is 29.1 Å². The average molecular weight is 189 g/mol. The zero-order valence-electron chi connectivity index (χ0n) is 7.66. The third kappa shape index (κ3) is 1.52. The molecule has 0 fully saturated rings. The van der Waals surface area contributed by atoms with Crippen LogP contribution in [-0.4, -0.2) is 16.5 Å². The lowest BCUT2D eigenvalue weighted by Crippen LogP contribution is -2.15. The summed E-state index contributed by atoms with van der Waals surface area (Å²) in [5.74, 6) is 0. The number of aromatic nitrogens is 2. The molecule has 1 aromatic carbocycles. The molecule has 3 N–H and O–H groups in total. The van der Waals surface area contributed by atoms with Gasteiger partial charge in [-0.2, -0.15) is 4.98 Å². The fraction of sp³-hybridized carbons (Fsp3) is 0.200. The van der Waals surface area contributed by atoms with Gasteiger partial charge in [0, 0.05) is 17.5 Å². The zero-order chi connectivity index (χ0) is 9.97. The van der Waals surface area contributed by atoms with Crippen molar-refractivity contribution in [1.29, 1.82) is 0 Å². The minimum atomic E-state index is -0.313. The average Bonchev–Trinajstić information content (AvgIpc) is 2.18. The number of aromatic amines is 1. The highest BCUT2D eigenvalue weighted by Gasteiger charge is 2.02. The van der Waals surface area contributed by atoms with Gasteiger partial charge in [-0.1, -0.05) is 18.2 Å². The summed E-state index contributed by atoms with van der Waals surface area (Å²) in [5, 5.41) is 0.970. The van der Waals surface area contributed by atoms with Gasteiger partial charge < -0.3 is 10.7 Å². The standard InChI is InChI=1S/C10H11N3O/c11-6-5-9-7-3-1-2-4-8(7)12-10(14)13-9/h1-4H,5-6,11H2,(H,12,13,14). The number of nitrogens with two attached hydrogens (primary N) is 1. The van der Waals surface area contributed by atoms with Gasteiger partial charge in [0.15, 0.2) is 0 Å². The predicted molar refractivity (Wildman–Crippen MR) is 55.1 cm³/mol. The largest absolute Gasteiger partial charge is 0.345 e. The molecule has 0 bridgehead atoms. The molecule has 0 unspecified atom stereocenters. The summed E-state index contributed by atoms with van der Waals surface area (Å²) in [6.07, 6.45) is 0.665. The number of nitrogens with zero attached hydrogens (tertiary/aromatic N) is 1. The van der Waals surface area contributed by atoms with Crippen molar-refractivity contribution in [1.82, 2.24) is 9.97 Å². The molecule has 0 spiro atoms. The lowest BCUT2D eigenvalue weighted by molar-refractivity contribution is 0.910. The first-order valence-corrected chi connectivity index (χ1v) is 4.49. The van der Waals surface area contributed by atoms with Crippen molar-refractivity contribution in [2.75, 3.05) is 6.54 Å². The molecule has 14 heavy (non-hydrogen) atoms. The number of H-pyrrole nitrogens is 1. The van der Waals surface area contributed by atoms with Crippen LogP contribution in [0.1, 0.15) is 5.69 Å². The molecule has 0 aliphatic rings. The number of hydrogen-bond donors (Lipinski definition) is 2. The molecule has 4 heteroatoms. The van der Waals surface area contributed by atoms with Crippen LogP contribution in [0.4, 0.5) is 0 Å². The van der Waals surface area contributed by atoms with E-state index in [0.29, 0.717) is 13.0 Å². The first-order valence-electron chi connectivity index (χ1n) is 4.49. The van der Waals surface area contributed by atoms with Gasteiger partial charge in [0.2, 0.25) is 0 Å². The molecule has 2 rings (SSSR count). The Labute approximate surface area is 80.8 Å². The number of benzene rings is 1. The second-order valence-corrected chi connectivity index (χ2v) is 3.08. The number of para-hydroxylation sites is 1. The molecule has 0 saturated heterocycles. The molecule has 4 nitrogen and oxygen atoms in total. The van der Waals surface area contributed by atoms with Crippen molar-refractivity contribution in [3.8, 4) is 0 Å². The summed E-state index contributed by atoms with van der Waals surface area (Å²) in [7, 11) is 0. The van der Waals surface area contributed by atoms with Crippen molar-refractivity contribution in [3.63, 3.8) is 0 Å². The maximum Gasteiger partial charge on any atom is 0.345 e. The van der Waals surface area contributed by atoms with Crippen LogP contribution in [-0.2, 0) is 6.42 Å². The van der Waals surface area contributed by atoms with Gasteiger partial charge in [0.25, 0.3) is 0 Å². The predicted octanol–water partition coefficient (Wildman–Crippen LogP) is 0.424. The van der Waals surface area contributed by atoms with E-state index in [-0.39, 0.29) is 5.69 Å². The number of hydrogen-bond acceptors (Lipinski definition) is 3. The molecule has 72 valence electrons. The zero-order valence-corrected chi connectivity index (χ0v) is 7.66. The second kappa shape index (κ2) is 3.59. The quantitative estimate of drug-likeness (QED) is 0.719. The molecule has 0 saturated carbocycles. The van der Waals surface area contributed by atoms with Gasteiger partial charge in [0.05, 0.1) is 5.52 Å². The highest BCUT2D eigenvalue weighted by molar-refractivity contribution is 5.80. The Morgan fingerprint density at radius 2 is 2.14 bits per heavy atom. The third-order valence-corrected chi connectivity index (χ3v) is 2.10. The van der Waals surface area contributed by atoms with Gasteiger partial charge >= 0.3 is 5.69 Å². The van der Waals surface area contributed by atoms with E-state index in [1.54, 1.807) is 0 Å². The van der Waals surface area contributed by atoms with E-state index in [9.17, 15) is 4.79 Å². The summed E-state index contributed by atoms with van der Waals surface area (Å²) in [6.45, 7) is 0.518. The van der Waals surface area contributed by atoms with Crippen molar-refractivity contribution in [2.24, 2.45) is 5.73 Å². The van der Waals surface area contributed by atoms with Crippen LogP contribution in [0, 0.1) is 0 Å². The lowest BCUT2D eigenvalue weighted by Gasteiger charge is -2.02. The normalized spacial score (nSPS) is 10.6. The van der Waals surface area contributed by atoms with Crippen molar-refractivity contribution in [2.45, 2.75) is 6.42 Å². The first kappa shape index (κ1) is 8.90. The summed E-state index contributed by atoms with van der Waals surface area (Å²) in [5.41, 5.74) is 6.73. The van der Waals surface area contributed by atoms with Gasteiger partial charge in [-0.15, -0.1) is 0 Å². The van der Waals surface area contributed by atoms with E-state index in [1.165, 1.54) is 0 Å². The van der Waals surface area contributed by atoms with Crippen LogP contribution < -0.4 is 11.4 Å². The van der Waals surface area contributed by atoms with Crippen LogP contribution in [0.2, 0.25) is 0 Å². The molecule has 0 atom stereocenters. The van der Waals surface area contributed by atoms with Gasteiger partial charge in [-0.05, 0) is 12.6 Å². The Morgan fingerprint density at radius 3 is 2.93 bits per heavy atom. The second-order valence-electron chi connectivity index (χ2n) is 3.08. The van der Waals surface area contributed by atoms with Crippen LogP contribution in [0.25, 0.3) is 10.9 Å². The summed E-state index contributed by atoms with van der Waals surface area (Å²) in [4.78, 5) is 17.7. The number of nitrogens with one attached hydrogen (secondary N) is 1. The Hall–Kier alpha value is -1.68. The Kier molecular flexibility index (Phi) is 2.28. The fourth-order valence-electron chi connectivity index (χ4n) is 1.50. The number of rotatable bonds is 2. The van der Waals surface area contributed by atoms with Gasteiger partial charge in [-0.25, -0.2) is 4.79 Å². The first-order chi connectivity index (χ1) is 6.81. The molecule has 1 aromatic heterocycles. The molecular formula is C10H11N3O. The molecule has 1 heterocycles. The van der Waals surface area contributed by atoms with E-state index >= 15 is 0 Å². The summed E-state index contributed by atoms with van der Waals surface area (Å²) >= 11 is 0. The molecule has 0 radical (unpaired) electrons. The topological polar surface area (TPSA) is 71.8 Å². The molecule has 2 aromatic rings. The molecular weight excluding hydrogens is 178 g/mol. The van der Waals surface area contributed by atoms with Crippen molar-refractivity contribution < 1.29 is 0 Å². The van der Waals surface area contributed by atoms with Crippen molar-refractivity contribution >= 4 is 10.9 Å². The smallest absolute Gasteiger partial charge is 0.330 e. The van der Waals surface area contributed by atoms with Crippen LogP contribution in [0.5, 0.6) is 0 Å². The van der Waals surface area contributed by atoms with Crippen LogP contribution in [0.3, 0.4) is 0 Å². The molecule has 0 aliphatic heterocycles. The monoisotopic (exact) mass is 189 g/mol. The Balaban J connectivity index is 2.73. The summed E-state index contributed by atoms with van der Waals surface area (Å²) in [6, 6.07) is 7.54. The van der Waals surface area contributed by atoms with Crippen molar-refractivity contribution in [3.05, 3.63) is 40.4 Å². The molecule has 0 aliphatic carbocycles. The van der Waals surface area contributed by atoms with E-state index in [1.807, 2.05) is 24.3 Å². The van der Waals surface area contributed by atoms with Gasteiger partial charge in [-0.3, -0.25) is 0 Å². The maximum absolute atomic E-state index is 11.2. The van der Waals surface area contributed by atoms with Gasteiger partial charge in [0.1, 0.15) is 0 Å². The fourth-order valence-corrected chi connectivity index (χ4v) is 1.50. The highest BCUT2D eigenvalue weighted by Crippen LogP contribution is 2.12. The molecule has 0 amide bonds. The Morgan fingerprint density at radius 1 is 1.36 bits per heavy atom. The van der Waals surface area contributed by atoms with E-state index < -0.39 is 0 Å². The van der Waals surface area contributed by atoms with E-state index in [0.717, 1.165) is 16.6 Å². The van der Waals surface area contributed by atoms with E-state index in [2.05, 4.69) is 9.97 Å². The maximum atomic E-state index is 11.2. The minimum Gasteiger partial charge on any atom is -0.330 e. The lowest BCUT2D eigenvalue weighted by atomic mass is 10.1. The van der Waals surface area contributed by atoms with E-state index in [4.69, 9.17) is 5.73 Å². The SMILES string of the molecule is NCCc1[nH]c(=O)nc2ccccc12. The summed E-state index contributed by atoms with van der Waals surface area (Å²) < 4.78 is 0. The minimum absolute atomic E-state index is 0.313.